The number of aromatic nitrogens is 2. The Hall–Kier alpha value is -2.83. The van der Waals surface area contributed by atoms with E-state index in [1.54, 1.807) is 20.3 Å². The molecule has 1 aliphatic rings. The third kappa shape index (κ3) is 5.34. The minimum atomic E-state index is -0.235. The van der Waals surface area contributed by atoms with Crippen LogP contribution in [0.2, 0.25) is 0 Å². The Labute approximate surface area is 165 Å². The van der Waals surface area contributed by atoms with E-state index in [-0.39, 0.29) is 5.91 Å². The lowest BCUT2D eigenvalue weighted by atomic mass is 10.1. The first-order chi connectivity index (χ1) is 13.7. The fraction of sp³-hybridized carbons (Fsp3) is 0.476. The highest BCUT2D eigenvalue weighted by molar-refractivity contribution is 5.92. The first-order valence-electron chi connectivity index (χ1n) is 9.77. The van der Waals surface area contributed by atoms with Crippen molar-refractivity contribution in [3.63, 3.8) is 0 Å². The second kappa shape index (κ2) is 9.92. The van der Waals surface area contributed by atoms with E-state index < -0.39 is 0 Å². The van der Waals surface area contributed by atoms with Gasteiger partial charge in [-0.1, -0.05) is 31.7 Å². The van der Waals surface area contributed by atoms with Crippen molar-refractivity contribution in [1.82, 2.24) is 15.3 Å². The molecule has 0 unspecified atom stereocenters. The number of nitrogens with one attached hydrogen (secondary N) is 2. The van der Waals surface area contributed by atoms with Crippen molar-refractivity contribution in [2.75, 3.05) is 19.5 Å². The van der Waals surface area contributed by atoms with E-state index >= 15 is 0 Å². The Morgan fingerprint density at radius 1 is 1.04 bits per heavy atom. The number of nitrogens with zero attached hydrogens (tertiary/aromatic N) is 2. The van der Waals surface area contributed by atoms with Gasteiger partial charge in [-0.25, -0.2) is 9.97 Å². The number of anilines is 1. The second-order valence-electron chi connectivity index (χ2n) is 6.99. The Bertz CT molecular complexity index is 789. The molecule has 0 atom stereocenters. The number of ether oxygens (including phenoxy) is 2. The minimum absolute atomic E-state index is 0.235. The van der Waals surface area contributed by atoms with Crippen LogP contribution in [0.15, 0.2) is 30.6 Å². The highest BCUT2D eigenvalue weighted by Gasteiger charge is 2.14. The van der Waals surface area contributed by atoms with Crippen LogP contribution in [0.5, 0.6) is 11.5 Å². The van der Waals surface area contributed by atoms with Gasteiger partial charge in [0.15, 0.2) is 11.5 Å². The van der Waals surface area contributed by atoms with Crippen LogP contribution in [0.25, 0.3) is 0 Å². The number of carbonyl (C=O) groups is 1. The first kappa shape index (κ1) is 19.9. The lowest BCUT2D eigenvalue weighted by Crippen LogP contribution is -2.25. The maximum atomic E-state index is 12.5. The van der Waals surface area contributed by atoms with Crippen molar-refractivity contribution >= 4 is 11.7 Å². The Morgan fingerprint density at radius 2 is 1.79 bits per heavy atom. The minimum Gasteiger partial charge on any atom is -0.493 e. The summed E-state index contributed by atoms with van der Waals surface area (Å²) in [5.41, 5.74) is 1.27. The molecule has 7 heteroatoms. The van der Waals surface area contributed by atoms with E-state index in [9.17, 15) is 4.79 Å². The predicted molar refractivity (Wildman–Crippen MR) is 108 cm³/mol. The molecule has 1 saturated carbocycles. The molecule has 0 saturated heterocycles. The van der Waals surface area contributed by atoms with Gasteiger partial charge in [0.1, 0.15) is 17.8 Å². The zero-order valence-corrected chi connectivity index (χ0v) is 16.5. The highest BCUT2D eigenvalue weighted by atomic mass is 16.5. The monoisotopic (exact) mass is 384 g/mol. The summed E-state index contributed by atoms with van der Waals surface area (Å²) in [6, 6.07) is 7.69. The predicted octanol–water partition coefficient (Wildman–Crippen LogP) is 3.56. The second-order valence-corrected chi connectivity index (χ2v) is 6.99. The zero-order chi connectivity index (χ0) is 19.8. The number of rotatable bonds is 7. The Morgan fingerprint density at radius 3 is 2.50 bits per heavy atom. The maximum Gasteiger partial charge on any atom is 0.270 e. The third-order valence-electron chi connectivity index (χ3n) is 5.01. The van der Waals surface area contributed by atoms with Crippen LogP contribution in [0.4, 0.5) is 5.82 Å². The van der Waals surface area contributed by atoms with Gasteiger partial charge in [0.25, 0.3) is 5.91 Å². The van der Waals surface area contributed by atoms with Gasteiger partial charge in [0.2, 0.25) is 0 Å². The molecular weight excluding hydrogens is 356 g/mol. The molecule has 0 aliphatic heterocycles. The van der Waals surface area contributed by atoms with Crippen LogP contribution < -0.4 is 20.1 Å². The molecule has 7 nitrogen and oxygen atoms in total. The molecule has 0 spiro atoms. The van der Waals surface area contributed by atoms with E-state index in [0.29, 0.717) is 35.6 Å². The number of hydrogen-bond donors (Lipinski definition) is 2. The first-order valence-corrected chi connectivity index (χ1v) is 9.77. The SMILES string of the molecule is COc1ccc(CNC(=O)c2cc(NC3CCCCCC3)ncn2)cc1OC. The summed E-state index contributed by atoms with van der Waals surface area (Å²) in [5, 5.41) is 6.35. The number of methoxy groups -OCH3 is 2. The molecule has 1 aliphatic carbocycles. The number of benzene rings is 1. The van der Waals surface area contributed by atoms with E-state index in [0.717, 1.165) is 18.4 Å². The molecule has 1 amide bonds. The zero-order valence-electron chi connectivity index (χ0n) is 16.5. The largest absolute Gasteiger partial charge is 0.493 e. The Balaban J connectivity index is 1.60. The van der Waals surface area contributed by atoms with E-state index in [2.05, 4.69) is 20.6 Å². The van der Waals surface area contributed by atoms with Gasteiger partial charge in [0.05, 0.1) is 14.2 Å². The lowest BCUT2D eigenvalue weighted by molar-refractivity contribution is 0.0945. The van der Waals surface area contributed by atoms with E-state index in [1.165, 1.54) is 32.0 Å². The summed E-state index contributed by atoms with van der Waals surface area (Å²) >= 11 is 0. The van der Waals surface area contributed by atoms with Crippen LogP contribution in [0, 0.1) is 0 Å². The molecule has 0 bridgehead atoms. The quantitative estimate of drug-likeness (QED) is 0.710. The summed E-state index contributed by atoms with van der Waals surface area (Å²) in [4.78, 5) is 20.9. The summed E-state index contributed by atoms with van der Waals surface area (Å²) < 4.78 is 10.5. The summed E-state index contributed by atoms with van der Waals surface area (Å²) in [7, 11) is 3.18. The lowest BCUT2D eigenvalue weighted by Gasteiger charge is -2.17. The van der Waals surface area contributed by atoms with Gasteiger partial charge >= 0.3 is 0 Å². The van der Waals surface area contributed by atoms with Crippen molar-refractivity contribution in [1.29, 1.82) is 0 Å². The van der Waals surface area contributed by atoms with Crippen LogP contribution in [-0.2, 0) is 6.54 Å². The fourth-order valence-corrected chi connectivity index (χ4v) is 3.46. The number of amides is 1. The molecule has 28 heavy (non-hydrogen) atoms. The summed E-state index contributed by atoms with van der Waals surface area (Å²) in [6.07, 6.45) is 8.79. The van der Waals surface area contributed by atoms with Gasteiger partial charge in [-0.15, -0.1) is 0 Å². The van der Waals surface area contributed by atoms with Crippen molar-refractivity contribution < 1.29 is 14.3 Å². The normalized spacial score (nSPS) is 14.8. The molecule has 150 valence electrons. The van der Waals surface area contributed by atoms with Crippen LogP contribution in [0.1, 0.15) is 54.6 Å². The van der Waals surface area contributed by atoms with Gasteiger partial charge in [-0.2, -0.15) is 0 Å². The molecule has 1 fully saturated rings. The number of carbonyl (C=O) groups excluding carboxylic acids is 1. The molecule has 2 N–H and O–H groups in total. The highest BCUT2D eigenvalue weighted by Crippen LogP contribution is 2.27. The molecule has 1 heterocycles. The van der Waals surface area contributed by atoms with Crippen molar-refractivity contribution in [2.24, 2.45) is 0 Å². The van der Waals surface area contributed by atoms with Gasteiger partial charge in [-0.05, 0) is 30.5 Å². The summed E-state index contributed by atoms with van der Waals surface area (Å²) in [5.74, 6) is 1.76. The Kier molecular flexibility index (Phi) is 7.06. The van der Waals surface area contributed by atoms with Crippen LogP contribution in [0.3, 0.4) is 0 Å². The molecule has 0 radical (unpaired) electrons. The van der Waals surface area contributed by atoms with E-state index in [1.807, 2.05) is 18.2 Å². The molecular formula is C21H28N4O3. The standard InChI is InChI=1S/C21H28N4O3/c1-27-18-10-9-15(11-19(18)28-2)13-22-21(26)17-12-20(24-14-23-17)25-16-7-5-3-4-6-8-16/h9-12,14,16H,3-8,13H2,1-2H3,(H,22,26)(H,23,24,25). The van der Waals surface area contributed by atoms with E-state index in [4.69, 9.17) is 9.47 Å². The fourth-order valence-electron chi connectivity index (χ4n) is 3.46. The molecule has 3 rings (SSSR count). The molecule has 1 aromatic heterocycles. The van der Waals surface area contributed by atoms with Crippen LogP contribution in [-0.4, -0.2) is 36.1 Å². The molecule has 1 aromatic carbocycles. The van der Waals surface area contributed by atoms with Crippen molar-refractivity contribution in [2.45, 2.75) is 51.1 Å². The molecule has 2 aromatic rings. The van der Waals surface area contributed by atoms with Crippen LogP contribution >= 0.6 is 0 Å². The van der Waals surface area contributed by atoms with Gasteiger partial charge in [0, 0.05) is 18.7 Å². The average Bonchev–Trinajstić information content (AvgIpc) is 3.00. The smallest absolute Gasteiger partial charge is 0.270 e. The average molecular weight is 384 g/mol. The maximum absolute atomic E-state index is 12.5. The number of hydrogen-bond acceptors (Lipinski definition) is 6. The van der Waals surface area contributed by atoms with Gasteiger partial charge in [-0.3, -0.25) is 4.79 Å². The van der Waals surface area contributed by atoms with Crippen molar-refractivity contribution in [3.8, 4) is 11.5 Å². The van der Waals surface area contributed by atoms with Gasteiger partial charge < -0.3 is 20.1 Å². The topological polar surface area (TPSA) is 85.4 Å². The summed E-state index contributed by atoms with van der Waals surface area (Å²) in [6.45, 7) is 0.370. The van der Waals surface area contributed by atoms with Crippen molar-refractivity contribution in [3.05, 3.63) is 41.9 Å². The third-order valence-corrected chi connectivity index (χ3v) is 5.01.